The van der Waals surface area contributed by atoms with Crippen molar-refractivity contribution in [1.29, 1.82) is 0 Å². The van der Waals surface area contributed by atoms with Gasteiger partial charge in [-0.25, -0.2) is 4.98 Å². The molecular formula is C47H46ClN5O2Si. The minimum Gasteiger partial charge on any atom is -0.404 e. The van der Waals surface area contributed by atoms with Crippen molar-refractivity contribution in [3.05, 3.63) is 192 Å². The number of nitrogens with zero attached hydrogens (tertiary/aromatic N) is 4. The molecule has 0 radical (unpaired) electrons. The average molecular weight is 776 g/mol. The van der Waals surface area contributed by atoms with Gasteiger partial charge in [-0.05, 0) is 44.1 Å². The van der Waals surface area contributed by atoms with Gasteiger partial charge in [0.15, 0.2) is 10.8 Å². The lowest BCUT2D eigenvalue weighted by Crippen LogP contribution is -2.68. The summed E-state index contributed by atoms with van der Waals surface area (Å²) in [7, 11) is -3.03. The van der Waals surface area contributed by atoms with Crippen LogP contribution in [0.5, 0.6) is 0 Å². The van der Waals surface area contributed by atoms with Crippen molar-refractivity contribution in [3.63, 3.8) is 0 Å². The van der Waals surface area contributed by atoms with E-state index in [0.29, 0.717) is 24.2 Å². The number of imidazole rings is 1. The summed E-state index contributed by atoms with van der Waals surface area (Å²) >= 11 is 6.56. The van der Waals surface area contributed by atoms with Crippen molar-refractivity contribution in [2.75, 3.05) is 12.3 Å². The van der Waals surface area contributed by atoms with E-state index in [1.54, 1.807) is 6.33 Å². The zero-order valence-electron chi connectivity index (χ0n) is 31.9. The number of aromatic nitrogens is 4. The van der Waals surface area contributed by atoms with E-state index in [4.69, 9.17) is 33.1 Å². The maximum atomic E-state index is 7.97. The molecule has 0 bridgehead atoms. The molecule has 2 aromatic heterocycles. The summed E-state index contributed by atoms with van der Waals surface area (Å²) in [6, 6.07) is 52.7. The number of hydrogen-bond donors (Lipinski definition) is 1. The minimum atomic E-state index is -3.03. The topological polar surface area (TPSA) is 88.1 Å². The molecule has 2 N–H and O–H groups in total. The molecule has 5 aromatic carbocycles. The van der Waals surface area contributed by atoms with Gasteiger partial charge >= 0.3 is 0 Å². The molecule has 0 unspecified atom stereocenters. The lowest BCUT2D eigenvalue weighted by Gasteiger charge is -2.46. The monoisotopic (exact) mass is 775 g/mol. The van der Waals surface area contributed by atoms with Gasteiger partial charge in [0.1, 0.15) is 11.1 Å². The predicted octanol–water partition coefficient (Wildman–Crippen LogP) is 9.13. The van der Waals surface area contributed by atoms with Crippen LogP contribution in [0.3, 0.4) is 0 Å². The second-order valence-electron chi connectivity index (χ2n) is 15.5. The second-order valence-corrected chi connectivity index (χ2v) is 20.2. The molecule has 0 spiro atoms. The third-order valence-corrected chi connectivity index (χ3v) is 16.6. The lowest BCUT2D eigenvalue weighted by atomic mass is 9.80. The third kappa shape index (κ3) is 6.56. The van der Waals surface area contributed by atoms with Gasteiger partial charge in [-0.15, -0.1) is 0 Å². The standard InChI is InChI=1S/C47H46ClN5O2Si/c1-33-39(31-54-47(34-20-10-5-11-21-34,35-22-12-6-13-23-35)36-24-14-7-15-25-36)41(30-40(33)53-32-50-42-43(48)51-45(49)52-44(42)53)55-56(46(2,3)4,37-26-16-8-17-27-37)38-28-18-9-19-29-38/h5-29,32,39-41H,1,30-31H2,2-4H3,(H2,49,51,52)/t39-,40-,41-/m0/s1. The molecule has 0 saturated heterocycles. The smallest absolute Gasteiger partial charge is 0.261 e. The number of nitrogens with two attached hydrogens (primary N) is 1. The van der Waals surface area contributed by atoms with E-state index in [0.717, 1.165) is 22.3 Å². The number of anilines is 1. The lowest BCUT2D eigenvalue weighted by molar-refractivity contribution is -0.0197. The van der Waals surface area contributed by atoms with Gasteiger partial charge in [-0.2, -0.15) is 9.97 Å². The summed E-state index contributed by atoms with van der Waals surface area (Å²) in [5, 5.41) is 2.38. The summed E-state index contributed by atoms with van der Waals surface area (Å²) < 4.78 is 17.6. The van der Waals surface area contributed by atoms with E-state index in [1.165, 1.54) is 10.4 Å². The van der Waals surface area contributed by atoms with E-state index in [2.05, 4.69) is 169 Å². The van der Waals surface area contributed by atoms with E-state index in [1.807, 2.05) is 22.8 Å². The first-order valence-electron chi connectivity index (χ1n) is 19.1. The maximum absolute atomic E-state index is 7.97. The van der Waals surface area contributed by atoms with Crippen molar-refractivity contribution < 1.29 is 9.16 Å². The first-order valence-corrected chi connectivity index (χ1v) is 21.4. The Morgan fingerprint density at radius 3 is 1.66 bits per heavy atom. The number of fused-ring (bicyclic) bond motifs is 1. The van der Waals surface area contributed by atoms with Crippen molar-refractivity contribution in [3.8, 4) is 0 Å². The molecule has 7 nitrogen and oxygen atoms in total. The highest BCUT2D eigenvalue weighted by atomic mass is 35.5. The Morgan fingerprint density at radius 1 is 0.732 bits per heavy atom. The van der Waals surface area contributed by atoms with Crippen molar-refractivity contribution >= 4 is 47.4 Å². The summed E-state index contributed by atoms with van der Waals surface area (Å²) in [6.45, 7) is 12.1. The average Bonchev–Trinajstić information content (AvgIpc) is 3.78. The van der Waals surface area contributed by atoms with Gasteiger partial charge in [0, 0.05) is 5.92 Å². The normalized spacial score (nSPS) is 17.7. The van der Waals surface area contributed by atoms with Crippen LogP contribution in [-0.4, -0.2) is 40.5 Å². The number of hydrogen-bond acceptors (Lipinski definition) is 6. The number of halogens is 1. The van der Waals surface area contributed by atoms with E-state index in [9.17, 15) is 0 Å². The van der Waals surface area contributed by atoms with Crippen LogP contribution in [0.2, 0.25) is 10.2 Å². The van der Waals surface area contributed by atoms with Crippen LogP contribution in [-0.2, 0) is 14.8 Å². The van der Waals surface area contributed by atoms with Crippen molar-refractivity contribution in [1.82, 2.24) is 19.5 Å². The highest BCUT2D eigenvalue weighted by Crippen LogP contribution is 2.48. The Hall–Kier alpha value is -5.38. The molecule has 0 amide bonds. The fraction of sp³-hybridized carbons (Fsp3) is 0.213. The van der Waals surface area contributed by atoms with Gasteiger partial charge in [0.2, 0.25) is 5.95 Å². The first-order chi connectivity index (χ1) is 27.1. The molecular weight excluding hydrogens is 730 g/mol. The summed E-state index contributed by atoms with van der Waals surface area (Å²) in [5.74, 6) is -0.143. The molecule has 3 atom stereocenters. The molecule has 0 aliphatic heterocycles. The Morgan fingerprint density at radius 2 is 1.20 bits per heavy atom. The summed E-state index contributed by atoms with van der Waals surface area (Å²) in [6.07, 6.45) is 2.08. The number of ether oxygens (including phenoxy) is 1. The molecule has 1 aliphatic carbocycles. The molecule has 2 heterocycles. The molecule has 8 rings (SSSR count). The number of benzene rings is 5. The van der Waals surface area contributed by atoms with E-state index in [-0.39, 0.29) is 34.2 Å². The Labute approximate surface area is 335 Å². The van der Waals surface area contributed by atoms with E-state index < -0.39 is 13.9 Å². The summed E-state index contributed by atoms with van der Waals surface area (Å²) in [4.78, 5) is 13.4. The van der Waals surface area contributed by atoms with Gasteiger partial charge < -0.3 is 19.5 Å². The van der Waals surface area contributed by atoms with Gasteiger partial charge in [0.25, 0.3) is 8.32 Å². The van der Waals surface area contributed by atoms with Gasteiger partial charge in [-0.3, -0.25) is 0 Å². The van der Waals surface area contributed by atoms with Crippen LogP contribution in [0.25, 0.3) is 11.2 Å². The number of nitrogen functional groups attached to an aromatic ring is 1. The van der Waals surface area contributed by atoms with Crippen molar-refractivity contribution in [2.45, 2.75) is 50.0 Å². The Bertz CT molecular complexity index is 2290. The Balaban J connectivity index is 1.30. The van der Waals surface area contributed by atoms with E-state index >= 15 is 0 Å². The van der Waals surface area contributed by atoms with Crippen LogP contribution in [0.4, 0.5) is 5.95 Å². The second kappa shape index (κ2) is 15.3. The molecule has 1 aliphatic rings. The highest BCUT2D eigenvalue weighted by Gasteiger charge is 2.54. The molecule has 9 heteroatoms. The minimum absolute atomic E-state index is 0.0891. The molecule has 56 heavy (non-hydrogen) atoms. The highest BCUT2D eigenvalue weighted by molar-refractivity contribution is 6.99. The largest absolute Gasteiger partial charge is 0.404 e. The van der Waals surface area contributed by atoms with Crippen LogP contribution in [0.1, 0.15) is 49.9 Å². The SMILES string of the molecule is C=C1[C@H](COC(c2ccccc2)(c2ccccc2)c2ccccc2)[C@@H](O[Si](c2ccccc2)(c2ccccc2)C(C)(C)C)C[C@@H]1n1cnc2c(Cl)nc(N)nc21. The fourth-order valence-electron chi connectivity index (χ4n) is 8.69. The quantitative estimate of drug-likeness (QED) is 0.0611. The molecule has 7 aromatic rings. The fourth-order valence-corrected chi connectivity index (χ4v) is 13.6. The summed E-state index contributed by atoms with van der Waals surface area (Å²) in [5.41, 5.74) is 10.3. The maximum Gasteiger partial charge on any atom is 0.261 e. The van der Waals surface area contributed by atoms with Gasteiger partial charge in [0.05, 0.1) is 25.1 Å². The molecule has 282 valence electrons. The van der Waals surface area contributed by atoms with Crippen LogP contribution < -0.4 is 16.1 Å². The molecule has 1 saturated carbocycles. The Kier molecular flexibility index (Phi) is 10.2. The van der Waals surface area contributed by atoms with Crippen molar-refractivity contribution in [2.24, 2.45) is 5.92 Å². The zero-order chi connectivity index (χ0) is 38.9. The first kappa shape index (κ1) is 37.5. The van der Waals surface area contributed by atoms with Crippen LogP contribution in [0, 0.1) is 5.92 Å². The predicted molar refractivity (Wildman–Crippen MR) is 229 cm³/mol. The van der Waals surface area contributed by atoms with Crippen LogP contribution >= 0.6 is 11.6 Å². The third-order valence-electron chi connectivity index (χ3n) is 11.3. The van der Waals surface area contributed by atoms with Crippen LogP contribution in [0.15, 0.2) is 170 Å². The molecule has 1 fully saturated rings. The van der Waals surface area contributed by atoms with Gasteiger partial charge in [-0.1, -0.05) is 191 Å². The zero-order valence-corrected chi connectivity index (χ0v) is 33.7. The number of rotatable bonds is 11.